The van der Waals surface area contributed by atoms with Crippen molar-refractivity contribution in [3.63, 3.8) is 0 Å². The zero-order valence-corrected chi connectivity index (χ0v) is 20.6. The number of hydrogen-bond acceptors (Lipinski definition) is 8. The lowest BCUT2D eigenvalue weighted by atomic mass is 9.92. The number of fused-ring (bicyclic) bond motifs is 1. The largest absolute Gasteiger partial charge is 0.338 e. The molecule has 1 aliphatic heterocycles. The number of carbonyl (C=O) groups excluding carboxylic acids is 1. The van der Waals surface area contributed by atoms with Crippen LogP contribution in [0.4, 0.5) is 27.7 Å². The van der Waals surface area contributed by atoms with E-state index in [2.05, 4.69) is 61.5 Å². The Morgan fingerprint density at radius 1 is 1.19 bits per heavy atom. The molecule has 4 aromatic rings. The van der Waals surface area contributed by atoms with E-state index in [1.807, 2.05) is 24.0 Å². The van der Waals surface area contributed by atoms with Crippen molar-refractivity contribution in [1.29, 1.82) is 0 Å². The van der Waals surface area contributed by atoms with Gasteiger partial charge in [0.2, 0.25) is 5.95 Å². The molecule has 3 N–H and O–H groups in total. The molecule has 1 aliphatic rings. The van der Waals surface area contributed by atoms with Gasteiger partial charge in [-0.25, -0.2) is 24.3 Å². The zero-order valence-electron chi connectivity index (χ0n) is 20.6. The molecule has 0 saturated carbocycles. The number of hydrogen-bond donors (Lipinski definition) is 3. The second-order valence-electron chi connectivity index (χ2n) is 9.98. The summed E-state index contributed by atoms with van der Waals surface area (Å²) in [6.07, 6.45) is 2.62. The van der Waals surface area contributed by atoms with Crippen molar-refractivity contribution < 1.29 is 9.18 Å². The van der Waals surface area contributed by atoms with Crippen LogP contribution >= 0.6 is 0 Å². The Morgan fingerprint density at radius 3 is 2.75 bits per heavy atom. The minimum Gasteiger partial charge on any atom is -0.338 e. The van der Waals surface area contributed by atoms with Crippen LogP contribution in [0, 0.1) is 6.92 Å². The number of nitrogens with zero attached hydrogens (tertiary/aromatic N) is 6. The molecule has 1 fully saturated rings. The molecule has 10 nitrogen and oxygen atoms in total. The third-order valence-corrected chi connectivity index (χ3v) is 6.13. The highest BCUT2D eigenvalue weighted by atomic mass is 19.1. The lowest BCUT2D eigenvalue weighted by Gasteiger charge is -2.16. The second-order valence-corrected chi connectivity index (χ2v) is 9.98. The normalized spacial score (nSPS) is 15.9. The first-order valence-corrected chi connectivity index (χ1v) is 11.8. The molecule has 11 heteroatoms. The first kappa shape index (κ1) is 23.6. The van der Waals surface area contributed by atoms with Gasteiger partial charge in [-0.05, 0) is 31.0 Å². The minimum atomic E-state index is -0.882. The van der Waals surface area contributed by atoms with Crippen LogP contribution in [0.2, 0.25) is 0 Å². The number of nitrogens with one attached hydrogen (secondary N) is 3. The monoisotopic (exact) mass is 489 g/mol. The molecule has 5 rings (SSSR count). The van der Waals surface area contributed by atoms with E-state index in [4.69, 9.17) is 0 Å². The van der Waals surface area contributed by atoms with Crippen LogP contribution in [-0.2, 0) is 5.41 Å². The summed E-state index contributed by atoms with van der Waals surface area (Å²) in [6, 6.07) is 7.22. The second kappa shape index (κ2) is 9.14. The molecule has 1 atom stereocenters. The topological polar surface area (TPSA) is 125 Å². The van der Waals surface area contributed by atoms with Crippen molar-refractivity contribution in [2.24, 2.45) is 0 Å². The number of alkyl halides is 1. The lowest BCUT2D eigenvalue weighted by Crippen LogP contribution is -2.22. The van der Waals surface area contributed by atoms with Gasteiger partial charge >= 0.3 is 0 Å². The number of H-pyrrole nitrogens is 1. The fourth-order valence-electron chi connectivity index (χ4n) is 3.98. The molecule has 0 unspecified atom stereocenters. The molecule has 0 radical (unpaired) electrons. The third kappa shape index (κ3) is 4.81. The predicted octanol–water partition coefficient (Wildman–Crippen LogP) is 4.29. The summed E-state index contributed by atoms with van der Waals surface area (Å²) in [7, 11) is 0. The molecular weight excluding hydrogens is 461 g/mol. The Balaban J connectivity index is 1.40. The van der Waals surface area contributed by atoms with Crippen molar-refractivity contribution in [3.8, 4) is 0 Å². The van der Waals surface area contributed by atoms with Crippen LogP contribution in [0.5, 0.6) is 0 Å². The molecule has 1 amide bonds. The van der Waals surface area contributed by atoms with Crippen molar-refractivity contribution in [2.45, 2.75) is 45.7 Å². The van der Waals surface area contributed by atoms with E-state index in [0.29, 0.717) is 52.8 Å². The summed E-state index contributed by atoms with van der Waals surface area (Å²) in [6.45, 7) is 8.93. The highest BCUT2D eigenvalue weighted by molar-refractivity contribution is 6.04. The van der Waals surface area contributed by atoms with Crippen molar-refractivity contribution in [1.82, 2.24) is 30.1 Å². The van der Waals surface area contributed by atoms with Gasteiger partial charge in [-0.1, -0.05) is 26.8 Å². The summed E-state index contributed by atoms with van der Waals surface area (Å²) in [5.74, 6) is 1.18. The van der Waals surface area contributed by atoms with Gasteiger partial charge in [-0.15, -0.1) is 0 Å². The van der Waals surface area contributed by atoms with Gasteiger partial charge in [0, 0.05) is 29.3 Å². The SMILES string of the molecule is Cc1ccc(C(=O)Nc2cc(C(C)(C)C)n[nH]2)cc1Nc1ncnc2cnc(N3CC[C@H](F)C3)nc12. The summed E-state index contributed by atoms with van der Waals surface area (Å²) < 4.78 is 13.7. The number of anilines is 4. The van der Waals surface area contributed by atoms with E-state index in [1.54, 1.807) is 18.3 Å². The van der Waals surface area contributed by atoms with E-state index in [-0.39, 0.29) is 17.9 Å². The van der Waals surface area contributed by atoms with E-state index < -0.39 is 6.17 Å². The Labute approximate surface area is 207 Å². The smallest absolute Gasteiger partial charge is 0.256 e. The van der Waals surface area contributed by atoms with Crippen LogP contribution in [0.15, 0.2) is 36.8 Å². The molecule has 186 valence electrons. The number of amides is 1. The molecule has 0 spiro atoms. The van der Waals surface area contributed by atoms with Crippen LogP contribution < -0.4 is 15.5 Å². The van der Waals surface area contributed by atoms with E-state index in [1.165, 1.54) is 6.33 Å². The van der Waals surface area contributed by atoms with Gasteiger partial charge in [-0.2, -0.15) is 5.10 Å². The quantitative estimate of drug-likeness (QED) is 0.379. The molecule has 0 aliphatic carbocycles. The van der Waals surface area contributed by atoms with Crippen LogP contribution in [0.25, 0.3) is 11.0 Å². The highest BCUT2D eigenvalue weighted by Gasteiger charge is 2.24. The van der Waals surface area contributed by atoms with Crippen molar-refractivity contribution in [2.75, 3.05) is 28.6 Å². The van der Waals surface area contributed by atoms with Gasteiger partial charge in [0.05, 0.1) is 18.4 Å². The van der Waals surface area contributed by atoms with Gasteiger partial charge in [0.15, 0.2) is 5.82 Å². The average Bonchev–Trinajstić information content (AvgIpc) is 3.49. The van der Waals surface area contributed by atoms with E-state index >= 15 is 0 Å². The van der Waals surface area contributed by atoms with Crippen molar-refractivity contribution >= 4 is 40.2 Å². The van der Waals surface area contributed by atoms with Crippen molar-refractivity contribution in [3.05, 3.63) is 53.6 Å². The maximum atomic E-state index is 13.7. The van der Waals surface area contributed by atoms with E-state index in [9.17, 15) is 9.18 Å². The predicted molar refractivity (Wildman–Crippen MR) is 137 cm³/mol. The highest BCUT2D eigenvalue weighted by Crippen LogP contribution is 2.27. The minimum absolute atomic E-state index is 0.132. The number of halogens is 1. The molecular formula is C25H28FN9O. The third-order valence-electron chi connectivity index (χ3n) is 6.13. The fraction of sp³-hybridized carbons (Fsp3) is 0.360. The molecule has 0 bridgehead atoms. The maximum Gasteiger partial charge on any atom is 0.256 e. The Hall–Kier alpha value is -4.15. The zero-order chi connectivity index (χ0) is 25.4. The Kier molecular flexibility index (Phi) is 5.99. The Morgan fingerprint density at radius 2 is 2.03 bits per heavy atom. The van der Waals surface area contributed by atoms with Crippen LogP contribution in [-0.4, -0.2) is 55.3 Å². The number of aromatic nitrogens is 6. The molecule has 1 aromatic carbocycles. The summed E-state index contributed by atoms with van der Waals surface area (Å²) in [5.41, 5.74) is 3.90. The Bertz CT molecular complexity index is 1430. The standard InChI is InChI=1S/C25H28FN9O/c1-14-5-6-15(23(36)31-20-10-19(33-34-20)25(2,3)4)9-17(14)30-22-21-18(28-13-29-22)11-27-24(32-21)35-8-7-16(26)12-35/h5-6,9-11,13,16H,7-8,12H2,1-4H3,(H,28,29,30)(H2,31,33,34,36)/t16-/m0/s1. The van der Waals surface area contributed by atoms with Gasteiger partial charge in [-0.3, -0.25) is 9.89 Å². The number of benzene rings is 1. The fourth-order valence-corrected chi connectivity index (χ4v) is 3.98. The molecule has 36 heavy (non-hydrogen) atoms. The van der Waals surface area contributed by atoms with Gasteiger partial charge in [0.1, 0.15) is 29.4 Å². The maximum absolute atomic E-state index is 13.7. The van der Waals surface area contributed by atoms with E-state index in [0.717, 1.165) is 11.3 Å². The average molecular weight is 490 g/mol. The number of rotatable bonds is 5. The first-order valence-electron chi connectivity index (χ1n) is 11.8. The first-order chi connectivity index (χ1) is 17.2. The number of aryl methyl sites for hydroxylation is 1. The summed E-state index contributed by atoms with van der Waals surface area (Å²) >= 11 is 0. The van der Waals surface area contributed by atoms with Crippen LogP contribution in [0.1, 0.15) is 48.8 Å². The summed E-state index contributed by atoms with van der Waals surface area (Å²) in [4.78, 5) is 32.4. The lowest BCUT2D eigenvalue weighted by molar-refractivity contribution is 0.102. The number of carbonyl (C=O) groups is 1. The molecule has 3 aromatic heterocycles. The molecule has 4 heterocycles. The van der Waals surface area contributed by atoms with Gasteiger partial charge in [0.25, 0.3) is 5.91 Å². The van der Waals surface area contributed by atoms with Gasteiger partial charge < -0.3 is 15.5 Å². The summed E-state index contributed by atoms with van der Waals surface area (Å²) in [5, 5.41) is 13.3. The van der Waals surface area contributed by atoms with Crippen LogP contribution in [0.3, 0.4) is 0 Å². The number of aromatic amines is 1. The molecule has 1 saturated heterocycles.